The molecule has 1 saturated heterocycles. The number of halogens is 2. The highest BCUT2D eigenvalue weighted by Gasteiger charge is 2.32. The summed E-state index contributed by atoms with van der Waals surface area (Å²) in [5.74, 6) is -1.32. The summed E-state index contributed by atoms with van der Waals surface area (Å²) in [4.78, 5) is 17.6. The molecule has 1 aliphatic rings. The molecule has 5 nitrogen and oxygen atoms in total. The number of hydrogen-bond donors (Lipinski definition) is 0. The first-order valence-corrected chi connectivity index (χ1v) is 7.29. The van der Waals surface area contributed by atoms with Crippen molar-refractivity contribution in [3.63, 3.8) is 0 Å². The first-order valence-electron chi connectivity index (χ1n) is 7.29. The molecule has 0 saturated carbocycles. The third-order valence-electron chi connectivity index (χ3n) is 3.71. The van der Waals surface area contributed by atoms with Crippen molar-refractivity contribution < 1.29 is 18.3 Å². The summed E-state index contributed by atoms with van der Waals surface area (Å²) in [6, 6.07) is 8.25. The van der Waals surface area contributed by atoms with E-state index in [1.54, 1.807) is 6.07 Å². The Bertz CT molecular complexity index is 814. The normalized spacial score (nSPS) is 14.0. The van der Waals surface area contributed by atoms with Crippen LogP contribution in [-0.2, 0) is 11.2 Å². The SMILES string of the molecule is N#Cc1ccnc(OC2CN(C(=O)Cc3ccc(F)cc3F)C2)c1. The van der Waals surface area contributed by atoms with E-state index < -0.39 is 11.6 Å². The lowest BCUT2D eigenvalue weighted by molar-refractivity contribution is -0.139. The van der Waals surface area contributed by atoms with Gasteiger partial charge in [-0.3, -0.25) is 4.79 Å². The highest BCUT2D eigenvalue weighted by molar-refractivity contribution is 5.79. The number of aromatic nitrogens is 1. The fraction of sp³-hybridized carbons (Fsp3) is 0.235. The van der Waals surface area contributed by atoms with Gasteiger partial charge in [-0.05, 0) is 17.7 Å². The maximum atomic E-state index is 13.6. The van der Waals surface area contributed by atoms with Crippen LogP contribution in [0.4, 0.5) is 8.78 Å². The molecule has 7 heteroatoms. The van der Waals surface area contributed by atoms with E-state index in [9.17, 15) is 13.6 Å². The largest absolute Gasteiger partial charge is 0.471 e. The van der Waals surface area contributed by atoms with Crippen molar-refractivity contribution in [1.29, 1.82) is 5.26 Å². The van der Waals surface area contributed by atoms with Crippen LogP contribution in [0.25, 0.3) is 0 Å². The van der Waals surface area contributed by atoms with Crippen molar-refractivity contribution >= 4 is 5.91 Å². The number of ether oxygens (including phenoxy) is 1. The highest BCUT2D eigenvalue weighted by atomic mass is 19.1. The number of pyridine rings is 1. The van der Waals surface area contributed by atoms with E-state index in [-0.39, 0.29) is 24.0 Å². The molecule has 0 unspecified atom stereocenters. The highest BCUT2D eigenvalue weighted by Crippen LogP contribution is 2.19. The molecule has 3 rings (SSSR count). The lowest BCUT2D eigenvalue weighted by atomic mass is 10.1. The minimum absolute atomic E-state index is 0.124. The van der Waals surface area contributed by atoms with Crippen molar-refractivity contribution in [1.82, 2.24) is 9.88 Å². The Morgan fingerprint density at radius 2 is 2.12 bits per heavy atom. The molecule has 1 aromatic heterocycles. The van der Waals surface area contributed by atoms with E-state index in [0.717, 1.165) is 12.1 Å². The number of carbonyl (C=O) groups is 1. The van der Waals surface area contributed by atoms with Gasteiger partial charge in [0.15, 0.2) is 0 Å². The van der Waals surface area contributed by atoms with Gasteiger partial charge in [0.25, 0.3) is 0 Å². The predicted molar refractivity (Wildman–Crippen MR) is 80.0 cm³/mol. The number of amides is 1. The summed E-state index contributed by atoms with van der Waals surface area (Å²) in [5, 5.41) is 8.82. The summed E-state index contributed by atoms with van der Waals surface area (Å²) in [6.45, 7) is 0.722. The second kappa shape index (κ2) is 6.62. The lowest BCUT2D eigenvalue weighted by Gasteiger charge is -2.38. The fourth-order valence-corrected chi connectivity index (χ4v) is 2.37. The molecule has 2 aromatic rings. The fourth-order valence-electron chi connectivity index (χ4n) is 2.37. The number of nitrogens with zero attached hydrogens (tertiary/aromatic N) is 3. The van der Waals surface area contributed by atoms with Crippen LogP contribution in [0.1, 0.15) is 11.1 Å². The van der Waals surface area contributed by atoms with E-state index in [0.29, 0.717) is 24.5 Å². The van der Waals surface area contributed by atoms with Crippen LogP contribution < -0.4 is 4.74 Å². The summed E-state index contributed by atoms with van der Waals surface area (Å²) >= 11 is 0. The molecule has 0 spiro atoms. The zero-order valence-electron chi connectivity index (χ0n) is 12.6. The van der Waals surface area contributed by atoms with Gasteiger partial charge in [-0.2, -0.15) is 5.26 Å². The van der Waals surface area contributed by atoms with Gasteiger partial charge in [-0.15, -0.1) is 0 Å². The van der Waals surface area contributed by atoms with E-state index >= 15 is 0 Å². The van der Waals surface area contributed by atoms with Gasteiger partial charge in [0.1, 0.15) is 17.7 Å². The van der Waals surface area contributed by atoms with Crippen molar-refractivity contribution in [2.24, 2.45) is 0 Å². The Labute approximate surface area is 137 Å². The molecule has 0 atom stereocenters. The number of carbonyl (C=O) groups excluding carboxylic acids is 1. The van der Waals surface area contributed by atoms with Crippen LogP contribution in [0, 0.1) is 23.0 Å². The number of nitriles is 1. The van der Waals surface area contributed by atoms with Gasteiger partial charge in [0, 0.05) is 18.3 Å². The van der Waals surface area contributed by atoms with Gasteiger partial charge in [-0.25, -0.2) is 13.8 Å². The Morgan fingerprint density at radius 1 is 1.33 bits per heavy atom. The van der Waals surface area contributed by atoms with Crippen LogP contribution >= 0.6 is 0 Å². The molecule has 122 valence electrons. The van der Waals surface area contributed by atoms with E-state index in [1.807, 2.05) is 6.07 Å². The molecule has 0 radical (unpaired) electrons. The summed E-state index contributed by atoms with van der Waals surface area (Å²) < 4.78 is 32.0. The second-order valence-electron chi connectivity index (χ2n) is 5.45. The Morgan fingerprint density at radius 3 is 2.83 bits per heavy atom. The predicted octanol–water partition coefficient (Wildman–Crippen LogP) is 2.06. The van der Waals surface area contributed by atoms with Gasteiger partial charge in [-0.1, -0.05) is 6.07 Å². The molecule has 0 N–H and O–H groups in total. The molecule has 1 aliphatic heterocycles. The van der Waals surface area contributed by atoms with Crippen LogP contribution in [0.3, 0.4) is 0 Å². The first-order chi connectivity index (χ1) is 11.5. The summed E-state index contributed by atoms with van der Waals surface area (Å²) in [5.41, 5.74) is 0.605. The Kier molecular flexibility index (Phi) is 4.38. The number of benzene rings is 1. The topological polar surface area (TPSA) is 66.2 Å². The molecule has 1 aromatic carbocycles. The van der Waals surface area contributed by atoms with Crippen LogP contribution in [-0.4, -0.2) is 35.0 Å². The molecule has 24 heavy (non-hydrogen) atoms. The van der Waals surface area contributed by atoms with Crippen molar-refractivity contribution in [2.45, 2.75) is 12.5 Å². The molecule has 0 aliphatic carbocycles. The third kappa shape index (κ3) is 3.49. The maximum Gasteiger partial charge on any atom is 0.227 e. The van der Waals surface area contributed by atoms with E-state index in [4.69, 9.17) is 10.00 Å². The third-order valence-corrected chi connectivity index (χ3v) is 3.71. The minimum atomic E-state index is -0.728. The Hall–Kier alpha value is -3.01. The van der Waals surface area contributed by atoms with E-state index in [2.05, 4.69) is 4.98 Å². The average molecular weight is 329 g/mol. The van der Waals surface area contributed by atoms with E-state index in [1.165, 1.54) is 23.2 Å². The molecule has 1 fully saturated rings. The van der Waals surface area contributed by atoms with Crippen LogP contribution in [0.15, 0.2) is 36.5 Å². The zero-order valence-corrected chi connectivity index (χ0v) is 12.6. The van der Waals surface area contributed by atoms with Crippen molar-refractivity contribution in [2.75, 3.05) is 13.1 Å². The lowest BCUT2D eigenvalue weighted by Crippen LogP contribution is -2.56. The first kappa shape index (κ1) is 15.9. The molecule has 2 heterocycles. The number of likely N-dealkylation sites (tertiary alicyclic amines) is 1. The van der Waals surface area contributed by atoms with Crippen molar-refractivity contribution in [3.8, 4) is 11.9 Å². The average Bonchev–Trinajstić information content (AvgIpc) is 2.53. The monoisotopic (exact) mass is 329 g/mol. The van der Waals surface area contributed by atoms with Gasteiger partial charge in [0.2, 0.25) is 11.8 Å². The Balaban J connectivity index is 1.52. The standard InChI is InChI=1S/C17H13F2N3O2/c18-13-2-1-12(15(19)7-13)6-17(23)22-9-14(10-22)24-16-5-11(8-20)3-4-21-16/h1-5,7,14H,6,9-10H2. The van der Waals surface area contributed by atoms with Crippen LogP contribution in [0.2, 0.25) is 0 Å². The smallest absolute Gasteiger partial charge is 0.227 e. The zero-order chi connectivity index (χ0) is 17.1. The van der Waals surface area contributed by atoms with Crippen molar-refractivity contribution in [3.05, 3.63) is 59.3 Å². The van der Waals surface area contributed by atoms with Gasteiger partial charge >= 0.3 is 0 Å². The maximum absolute atomic E-state index is 13.6. The summed E-state index contributed by atoms with van der Waals surface area (Å²) in [7, 11) is 0. The van der Waals surface area contributed by atoms with Gasteiger partial charge < -0.3 is 9.64 Å². The molecule has 0 bridgehead atoms. The number of rotatable bonds is 4. The number of hydrogen-bond acceptors (Lipinski definition) is 4. The molecular formula is C17H13F2N3O2. The van der Waals surface area contributed by atoms with Gasteiger partial charge in [0.05, 0.1) is 31.1 Å². The molecular weight excluding hydrogens is 316 g/mol. The second-order valence-corrected chi connectivity index (χ2v) is 5.45. The quantitative estimate of drug-likeness (QED) is 0.861. The van der Waals surface area contributed by atoms with Crippen LogP contribution in [0.5, 0.6) is 5.88 Å². The minimum Gasteiger partial charge on any atom is -0.471 e. The summed E-state index contributed by atoms with van der Waals surface area (Å²) in [6.07, 6.45) is 1.14. The molecule has 1 amide bonds.